The van der Waals surface area contributed by atoms with E-state index in [2.05, 4.69) is 10.3 Å². The minimum Gasteiger partial charge on any atom is -0.443 e. The molecule has 1 aromatic heterocycles. The third-order valence-electron chi connectivity index (χ3n) is 3.71. The Balaban J connectivity index is 1.75. The van der Waals surface area contributed by atoms with Gasteiger partial charge in [-0.25, -0.2) is 9.78 Å². The van der Waals surface area contributed by atoms with Crippen LogP contribution in [0.25, 0.3) is 0 Å². The van der Waals surface area contributed by atoms with Crippen LogP contribution in [0, 0.1) is 5.95 Å². The van der Waals surface area contributed by atoms with E-state index in [1.165, 1.54) is 12.3 Å². The molecule has 0 spiro atoms. The SMILES string of the molecule is CC1(OC(=O)Nc2cnc(F)cc2C2CCCO2)CC1. The standard InChI is InChI=1S/C14H17FN2O3/c1-14(4-5-14)20-13(18)17-10-8-16-12(15)7-9(10)11-3-2-6-19-11/h7-8,11H,2-6H2,1H3,(H,17,18). The topological polar surface area (TPSA) is 60.5 Å². The third kappa shape index (κ3) is 2.90. The Bertz CT molecular complexity index is 525. The van der Waals surface area contributed by atoms with Crippen LogP contribution in [-0.2, 0) is 9.47 Å². The zero-order chi connectivity index (χ0) is 14.2. The lowest BCUT2D eigenvalue weighted by Gasteiger charge is -2.17. The predicted octanol–water partition coefficient (Wildman–Crippen LogP) is 3.17. The van der Waals surface area contributed by atoms with Crippen molar-refractivity contribution in [2.75, 3.05) is 11.9 Å². The summed E-state index contributed by atoms with van der Waals surface area (Å²) in [6, 6.07) is 1.31. The Hall–Kier alpha value is -1.69. The highest BCUT2D eigenvalue weighted by molar-refractivity contribution is 5.86. The summed E-state index contributed by atoms with van der Waals surface area (Å²) in [7, 11) is 0. The molecule has 6 heteroatoms. The van der Waals surface area contributed by atoms with Gasteiger partial charge in [-0.05, 0) is 32.6 Å². The molecule has 1 aliphatic heterocycles. The van der Waals surface area contributed by atoms with Crippen LogP contribution in [0.1, 0.15) is 44.3 Å². The van der Waals surface area contributed by atoms with Crippen molar-refractivity contribution in [1.29, 1.82) is 0 Å². The van der Waals surface area contributed by atoms with Gasteiger partial charge in [-0.3, -0.25) is 5.32 Å². The number of nitrogens with zero attached hydrogens (tertiary/aromatic N) is 1. The summed E-state index contributed by atoms with van der Waals surface area (Å²) in [5.74, 6) is -0.580. The zero-order valence-corrected chi connectivity index (χ0v) is 11.3. The second kappa shape index (κ2) is 5.01. The monoisotopic (exact) mass is 280 g/mol. The highest BCUT2D eigenvalue weighted by atomic mass is 19.1. The maximum Gasteiger partial charge on any atom is 0.412 e. The Morgan fingerprint density at radius 3 is 3.05 bits per heavy atom. The molecule has 0 aromatic carbocycles. The molecule has 1 N–H and O–H groups in total. The fraction of sp³-hybridized carbons (Fsp3) is 0.571. The molecule has 1 saturated carbocycles. The van der Waals surface area contributed by atoms with E-state index >= 15 is 0 Å². The first-order valence-corrected chi connectivity index (χ1v) is 6.83. The van der Waals surface area contributed by atoms with Gasteiger partial charge < -0.3 is 9.47 Å². The number of carbonyl (C=O) groups excluding carboxylic acids is 1. The summed E-state index contributed by atoms with van der Waals surface area (Å²) in [5.41, 5.74) is 0.724. The van der Waals surface area contributed by atoms with Gasteiger partial charge in [0.05, 0.1) is 18.0 Å². The molecular weight excluding hydrogens is 263 g/mol. The molecule has 1 unspecified atom stereocenters. The predicted molar refractivity (Wildman–Crippen MR) is 69.9 cm³/mol. The number of halogens is 1. The van der Waals surface area contributed by atoms with E-state index in [-0.39, 0.29) is 11.7 Å². The third-order valence-corrected chi connectivity index (χ3v) is 3.71. The van der Waals surface area contributed by atoms with Crippen molar-refractivity contribution in [3.05, 3.63) is 23.8 Å². The minimum absolute atomic E-state index is 0.195. The van der Waals surface area contributed by atoms with Crippen LogP contribution in [0.5, 0.6) is 0 Å². The summed E-state index contributed by atoms with van der Waals surface area (Å²) in [4.78, 5) is 15.4. The molecule has 108 valence electrons. The van der Waals surface area contributed by atoms with E-state index in [1.54, 1.807) is 0 Å². The molecule has 1 amide bonds. The number of pyridine rings is 1. The van der Waals surface area contributed by atoms with Crippen LogP contribution < -0.4 is 5.32 Å². The van der Waals surface area contributed by atoms with Gasteiger partial charge >= 0.3 is 6.09 Å². The lowest BCUT2D eigenvalue weighted by atomic mass is 10.1. The summed E-state index contributed by atoms with van der Waals surface area (Å²) in [6.07, 6.45) is 4.07. The van der Waals surface area contributed by atoms with E-state index in [4.69, 9.17) is 9.47 Å². The van der Waals surface area contributed by atoms with Crippen molar-refractivity contribution in [3.63, 3.8) is 0 Å². The molecule has 1 atom stereocenters. The number of ether oxygens (including phenoxy) is 2. The van der Waals surface area contributed by atoms with E-state index in [9.17, 15) is 9.18 Å². The summed E-state index contributed by atoms with van der Waals surface area (Å²) in [6.45, 7) is 2.53. The van der Waals surface area contributed by atoms with Crippen molar-refractivity contribution in [3.8, 4) is 0 Å². The summed E-state index contributed by atoms with van der Waals surface area (Å²) < 4.78 is 24.1. The van der Waals surface area contributed by atoms with Crippen molar-refractivity contribution < 1.29 is 18.7 Å². The lowest BCUT2D eigenvalue weighted by Crippen LogP contribution is -2.22. The van der Waals surface area contributed by atoms with Crippen molar-refractivity contribution >= 4 is 11.8 Å². The van der Waals surface area contributed by atoms with Gasteiger partial charge in [-0.15, -0.1) is 0 Å². The zero-order valence-electron chi connectivity index (χ0n) is 11.3. The largest absolute Gasteiger partial charge is 0.443 e. The van der Waals surface area contributed by atoms with Gasteiger partial charge in [0.15, 0.2) is 0 Å². The normalized spacial score (nSPS) is 23.4. The molecule has 1 saturated heterocycles. The average Bonchev–Trinajstić information content (AvgIpc) is 2.93. The van der Waals surface area contributed by atoms with E-state index in [1.807, 2.05) is 6.92 Å². The first-order valence-electron chi connectivity index (χ1n) is 6.83. The van der Waals surface area contributed by atoms with Gasteiger partial charge in [-0.2, -0.15) is 4.39 Å². The number of rotatable bonds is 3. The Morgan fingerprint density at radius 2 is 2.40 bits per heavy atom. The number of hydrogen-bond donors (Lipinski definition) is 1. The number of aromatic nitrogens is 1. The van der Waals surface area contributed by atoms with Crippen molar-refractivity contribution in [1.82, 2.24) is 4.98 Å². The molecule has 2 fully saturated rings. The number of anilines is 1. The molecular formula is C14H17FN2O3. The van der Waals surface area contributed by atoms with E-state index in [0.29, 0.717) is 17.9 Å². The van der Waals surface area contributed by atoms with Crippen LogP contribution in [0.2, 0.25) is 0 Å². The number of amides is 1. The van der Waals surface area contributed by atoms with Crippen LogP contribution in [0.4, 0.5) is 14.9 Å². The first kappa shape index (κ1) is 13.3. The fourth-order valence-corrected chi connectivity index (χ4v) is 2.28. The Labute approximate surface area is 116 Å². The maximum atomic E-state index is 13.3. The van der Waals surface area contributed by atoms with E-state index in [0.717, 1.165) is 25.7 Å². The van der Waals surface area contributed by atoms with Crippen LogP contribution >= 0.6 is 0 Å². The van der Waals surface area contributed by atoms with Gasteiger partial charge in [0.1, 0.15) is 5.60 Å². The quantitative estimate of drug-likeness (QED) is 0.864. The van der Waals surface area contributed by atoms with Crippen LogP contribution in [0.3, 0.4) is 0 Å². The summed E-state index contributed by atoms with van der Waals surface area (Å²) in [5, 5.41) is 2.64. The summed E-state index contributed by atoms with van der Waals surface area (Å²) >= 11 is 0. The van der Waals surface area contributed by atoms with Crippen LogP contribution in [0.15, 0.2) is 12.3 Å². The van der Waals surface area contributed by atoms with E-state index < -0.39 is 12.0 Å². The Kier molecular flexibility index (Phi) is 3.33. The minimum atomic E-state index is -0.580. The molecule has 1 aromatic rings. The van der Waals surface area contributed by atoms with Crippen LogP contribution in [-0.4, -0.2) is 23.3 Å². The molecule has 5 nitrogen and oxygen atoms in total. The second-order valence-corrected chi connectivity index (χ2v) is 5.56. The Morgan fingerprint density at radius 1 is 1.60 bits per heavy atom. The fourth-order valence-electron chi connectivity index (χ4n) is 2.28. The highest BCUT2D eigenvalue weighted by Gasteiger charge is 2.41. The van der Waals surface area contributed by atoms with Gasteiger partial charge in [0.2, 0.25) is 5.95 Å². The van der Waals surface area contributed by atoms with Gasteiger partial charge in [0.25, 0.3) is 0 Å². The molecule has 20 heavy (non-hydrogen) atoms. The van der Waals surface area contributed by atoms with Crippen molar-refractivity contribution in [2.45, 2.75) is 44.3 Å². The molecule has 0 bridgehead atoms. The number of hydrogen-bond acceptors (Lipinski definition) is 4. The van der Waals surface area contributed by atoms with Crippen molar-refractivity contribution in [2.24, 2.45) is 0 Å². The molecule has 2 heterocycles. The number of carbonyl (C=O) groups is 1. The van der Waals surface area contributed by atoms with Gasteiger partial charge in [0, 0.05) is 18.2 Å². The molecule has 0 radical (unpaired) electrons. The molecule has 1 aliphatic carbocycles. The van der Waals surface area contributed by atoms with Gasteiger partial charge in [-0.1, -0.05) is 0 Å². The maximum absolute atomic E-state index is 13.3. The second-order valence-electron chi connectivity index (χ2n) is 5.56. The smallest absolute Gasteiger partial charge is 0.412 e. The number of nitrogens with one attached hydrogen (secondary N) is 1. The molecule has 2 aliphatic rings. The first-order chi connectivity index (χ1) is 9.56. The highest BCUT2D eigenvalue weighted by Crippen LogP contribution is 2.39. The molecule has 3 rings (SSSR count). The lowest BCUT2D eigenvalue weighted by molar-refractivity contribution is 0.106. The average molecular weight is 280 g/mol.